The van der Waals surface area contributed by atoms with Crippen LogP contribution < -0.4 is 5.32 Å². The highest BCUT2D eigenvalue weighted by Gasteiger charge is 2.05. The fourth-order valence-corrected chi connectivity index (χ4v) is 3.23. The van der Waals surface area contributed by atoms with Gasteiger partial charge < -0.3 is 5.32 Å². The normalized spacial score (nSPS) is 12.6. The molecule has 1 atom stereocenters. The van der Waals surface area contributed by atoms with Crippen LogP contribution in [0.1, 0.15) is 24.1 Å². The van der Waals surface area contributed by atoms with Crippen molar-refractivity contribution in [3.05, 3.63) is 55.1 Å². The molecule has 17 heavy (non-hydrogen) atoms. The molecular formula is C13H13Br2NS. The zero-order valence-corrected chi connectivity index (χ0v) is 13.4. The van der Waals surface area contributed by atoms with Crippen LogP contribution in [-0.4, -0.2) is 0 Å². The molecule has 90 valence electrons. The summed E-state index contributed by atoms with van der Waals surface area (Å²) in [4.78, 5) is 0. The molecule has 0 radical (unpaired) electrons. The van der Waals surface area contributed by atoms with Gasteiger partial charge in [-0.05, 0) is 57.6 Å². The Morgan fingerprint density at radius 1 is 1.29 bits per heavy atom. The van der Waals surface area contributed by atoms with E-state index in [0.29, 0.717) is 6.04 Å². The zero-order chi connectivity index (χ0) is 12.3. The molecule has 1 aromatic carbocycles. The van der Waals surface area contributed by atoms with Crippen LogP contribution in [0.2, 0.25) is 0 Å². The highest BCUT2D eigenvalue weighted by Crippen LogP contribution is 2.22. The highest BCUT2D eigenvalue weighted by atomic mass is 79.9. The number of rotatable bonds is 4. The Labute approximate surface area is 123 Å². The first kappa shape index (κ1) is 13.3. The van der Waals surface area contributed by atoms with Gasteiger partial charge in [0.15, 0.2) is 0 Å². The summed E-state index contributed by atoms with van der Waals surface area (Å²) < 4.78 is 2.31. The third kappa shape index (κ3) is 3.91. The number of nitrogens with one attached hydrogen (secondary N) is 1. The van der Waals surface area contributed by atoms with Crippen molar-refractivity contribution in [2.75, 3.05) is 0 Å². The van der Waals surface area contributed by atoms with Crippen LogP contribution in [0.3, 0.4) is 0 Å². The van der Waals surface area contributed by atoms with Crippen LogP contribution in [0.4, 0.5) is 0 Å². The van der Waals surface area contributed by atoms with Crippen molar-refractivity contribution in [2.45, 2.75) is 19.5 Å². The average molecular weight is 375 g/mol. The molecule has 0 saturated heterocycles. The molecular weight excluding hydrogens is 362 g/mol. The third-order valence-corrected chi connectivity index (χ3v) is 4.63. The van der Waals surface area contributed by atoms with Gasteiger partial charge >= 0.3 is 0 Å². The Morgan fingerprint density at radius 3 is 2.76 bits per heavy atom. The van der Waals surface area contributed by atoms with Gasteiger partial charge in [0.05, 0.1) is 3.79 Å². The van der Waals surface area contributed by atoms with E-state index in [-0.39, 0.29) is 0 Å². The van der Waals surface area contributed by atoms with E-state index in [1.54, 1.807) is 11.3 Å². The van der Waals surface area contributed by atoms with Gasteiger partial charge in [0, 0.05) is 17.1 Å². The first-order chi connectivity index (χ1) is 8.15. The Bertz CT molecular complexity index is 496. The van der Waals surface area contributed by atoms with E-state index in [1.165, 1.54) is 14.9 Å². The lowest BCUT2D eigenvalue weighted by molar-refractivity contribution is 0.575. The molecule has 0 fully saturated rings. The summed E-state index contributed by atoms with van der Waals surface area (Å²) in [6.45, 7) is 3.08. The molecule has 0 unspecified atom stereocenters. The molecule has 0 saturated carbocycles. The molecule has 0 aliphatic rings. The summed E-state index contributed by atoms with van der Waals surface area (Å²) in [5.41, 5.74) is 2.62. The molecule has 0 aliphatic carbocycles. The van der Waals surface area contributed by atoms with Crippen LogP contribution in [0.25, 0.3) is 0 Å². The largest absolute Gasteiger partial charge is 0.306 e. The summed E-state index contributed by atoms with van der Waals surface area (Å²) >= 11 is 8.70. The van der Waals surface area contributed by atoms with Crippen molar-refractivity contribution in [1.29, 1.82) is 0 Å². The Hall–Kier alpha value is -0.160. The highest BCUT2D eigenvalue weighted by molar-refractivity contribution is 9.11. The standard InChI is InChI=1S/C13H13Br2NS/c1-9(11-3-2-4-12(14)6-11)16-7-10-5-13(15)17-8-10/h2-6,8-9,16H,7H2,1H3/t9-/m1/s1. The van der Waals surface area contributed by atoms with E-state index in [4.69, 9.17) is 0 Å². The second-order valence-electron chi connectivity index (χ2n) is 3.92. The SMILES string of the molecule is C[C@@H](NCc1csc(Br)c1)c1cccc(Br)c1. The monoisotopic (exact) mass is 373 g/mol. The lowest BCUT2D eigenvalue weighted by Crippen LogP contribution is -2.17. The van der Waals surface area contributed by atoms with E-state index in [2.05, 4.69) is 73.7 Å². The zero-order valence-electron chi connectivity index (χ0n) is 9.41. The van der Waals surface area contributed by atoms with E-state index in [9.17, 15) is 0 Å². The van der Waals surface area contributed by atoms with Gasteiger partial charge in [-0.2, -0.15) is 0 Å². The summed E-state index contributed by atoms with van der Waals surface area (Å²) in [5.74, 6) is 0. The smallest absolute Gasteiger partial charge is 0.0701 e. The minimum atomic E-state index is 0.353. The summed E-state index contributed by atoms with van der Waals surface area (Å²) in [5, 5.41) is 5.69. The van der Waals surface area contributed by atoms with Gasteiger partial charge in [-0.25, -0.2) is 0 Å². The van der Waals surface area contributed by atoms with E-state index < -0.39 is 0 Å². The maximum atomic E-state index is 3.52. The number of benzene rings is 1. The predicted molar refractivity (Wildman–Crippen MR) is 81.4 cm³/mol. The molecule has 0 amide bonds. The molecule has 4 heteroatoms. The Balaban J connectivity index is 1.95. The quantitative estimate of drug-likeness (QED) is 0.782. The van der Waals surface area contributed by atoms with Crippen LogP contribution in [0, 0.1) is 0 Å². The number of hydrogen-bond acceptors (Lipinski definition) is 2. The van der Waals surface area contributed by atoms with E-state index in [1.807, 2.05) is 6.07 Å². The van der Waals surface area contributed by atoms with Crippen molar-refractivity contribution in [1.82, 2.24) is 5.32 Å². The third-order valence-electron chi connectivity index (χ3n) is 2.58. The maximum Gasteiger partial charge on any atom is 0.0701 e. The van der Waals surface area contributed by atoms with E-state index >= 15 is 0 Å². The number of halogens is 2. The minimum Gasteiger partial charge on any atom is -0.306 e. The molecule has 0 aliphatic heterocycles. The van der Waals surface area contributed by atoms with Crippen molar-refractivity contribution in [3.63, 3.8) is 0 Å². The fourth-order valence-electron chi connectivity index (χ4n) is 1.60. The van der Waals surface area contributed by atoms with Crippen molar-refractivity contribution in [3.8, 4) is 0 Å². The van der Waals surface area contributed by atoms with Crippen molar-refractivity contribution in [2.24, 2.45) is 0 Å². The molecule has 1 aromatic heterocycles. The van der Waals surface area contributed by atoms with Gasteiger partial charge in [-0.15, -0.1) is 11.3 Å². The van der Waals surface area contributed by atoms with Crippen LogP contribution in [-0.2, 0) is 6.54 Å². The summed E-state index contributed by atoms with van der Waals surface area (Å²) in [7, 11) is 0. The van der Waals surface area contributed by atoms with Gasteiger partial charge in [0.2, 0.25) is 0 Å². The lowest BCUT2D eigenvalue weighted by atomic mass is 10.1. The molecule has 2 aromatic rings. The summed E-state index contributed by atoms with van der Waals surface area (Å²) in [6, 6.07) is 10.9. The molecule has 0 bridgehead atoms. The fraction of sp³-hybridized carbons (Fsp3) is 0.231. The molecule has 1 nitrogen and oxygen atoms in total. The second-order valence-corrected chi connectivity index (χ2v) is 7.12. The first-order valence-corrected chi connectivity index (χ1v) is 7.83. The molecule has 2 rings (SSSR count). The first-order valence-electron chi connectivity index (χ1n) is 5.37. The van der Waals surface area contributed by atoms with Gasteiger partial charge in [-0.1, -0.05) is 28.1 Å². The minimum absolute atomic E-state index is 0.353. The van der Waals surface area contributed by atoms with Crippen molar-refractivity contribution < 1.29 is 0 Å². The van der Waals surface area contributed by atoms with Gasteiger partial charge in [0.25, 0.3) is 0 Å². The molecule has 0 spiro atoms. The van der Waals surface area contributed by atoms with Gasteiger partial charge in [0.1, 0.15) is 0 Å². The topological polar surface area (TPSA) is 12.0 Å². The van der Waals surface area contributed by atoms with Crippen LogP contribution >= 0.6 is 43.2 Å². The predicted octanol–water partition coefficient (Wildman–Crippen LogP) is 5.12. The Kier molecular flexibility index (Phi) is 4.79. The number of thiophene rings is 1. The van der Waals surface area contributed by atoms with Crippen LogP contribution in [0.5, 0.6) is 0 Å². The Morgan fingerprint density at radius 2 is 2.12 bits per heavy atom. The van der Waals surface area contributed by atoms with E-state index in [0.717, 1.165) is 11.0 Å². The summed E-state index contributed by atoms with van der Waals surface area (Å²) in [6.07, 6.45) is 0. The van der Waals surface area contributed by atoms with Gasteiger partial charge in [-0.3, -0.25) is 0 Å². The second kappa shape index (κ2) is 6.14. The molecule has 1 heterocycles. The molecule has 1 N–H and O–H groups in total. The maximum absolute atomic E-state index is 3.52. The van der Waals surface area contributed by atoms with Crippen molar-refractivity contribution >= 4 is 43.2 Å². The average Bonchev–Trinajstić information content (AvgIpc) is 2.72. The van der Waals surface area contributed by atoms with Crippen LogP contribution in [0.15, 0.2) is 44.0 Å². The lowest BCUT2D eigenvalue weighted by Gasteiger charge is -2.13. The number of hydrogen-bond donors (Lipinski definition) is 1.